The lowest BCUT2D eigenvalue weighted by Gasteiger charge is -2.26. The summed E-state index contributed by atoms with van der Waals surface area (Å²) < 4.78 is 16.2. The van der Waals surface area contributed by atoms with Crippen molar-refractivity contribution in [2.24, 2.45) is 5.73 Å². The lowest BCUT2D eigenvalue weighted by atomic mass is 9.83. The summed E-state index contributed by atoms with van der Waals surface area (Å²) in [5, 5.41) is 18.1. The standard InChI is InChI=1S/C21H23N3O4/c1-3-26-21(25)18-14(2)28-20(24)17(13-23)19(18)15-7-9-16(10-8-15)27-12-6-4-5-11-22/h7-10,19H,3-6,12,24H2,1-2H3. The third-order valence-electron chi connectivity index (χ3n) is 4.27. The highest BCUT2D eigenvalue weighted by Gasteiger charge is 2.36. The number of nitriles is 2. The molecule has 0 saturated heterocycles. The molecule has 1 heterocycles. The lowest BCUT2D eigenvalue weighted by Crippen LogP contribution is -2.25. The van der Waals surface area contributed by atoms with Crippen LogP contribution in [0.25, 0.3) is 0 Å². The summed E-state index contributed by atoms with van der Waals surface area (Å²) in [4.78, 5) is 12.5. The van der Waals surface area contributed by atoms with E-state index in [1.165, 1.54) is 0 Å². The van der Waals surface area contributed by atoms with Gasteiger partial charge in [0.15, 0.2) is 0 Å². The number of rotatable bonds is 8. The molecular weight excluding hydrogens is 358 g/mol. The molecule has 1 aliphatic rings. The number of allylic oxidation sites excluding steroid dienone is 2. The van der Waals surface area contributed by atoms with Crippen molar-refractivity contribution in [2.75, 3.05) is 13.2 Å². The van der Waals surface area contributed by atoms with E-state index in [0.29, 0.717) is 30.1 Å². The zero-order chi connectivity index (χ0) is 20.5. The lowest BCUT2D eigenvalue weighted by molar-refractivity contribution is -0.139. The van der Waals surface area contributed by atoms with Gasteiger partial charge in [-0.05, 0) is 44.4 Å². The number of benzene rings is 1. The molecule has 2 N–H and O–H groups in total. The molecule has 0 fully saturated rings. The molecule has 0 bridgehead atoms. The Hall–Kier alpha value is -3.45. The number of ether oxygens (including phenoxy) is 3. The van der Waals surface area contributed by atoms with Gasteiger partial charge in [0, 0.05) is 6.42 Å². The number of nitrogens with two attached hydrogens (primary N) is 1. The van der Waals surface area contributed by atoms with E-state index >= 15 is 0 Å². The van der Waals surface area contributed by atoms with Crippen molar-refractivity contribution < 1.29 is 19.0 Å². The normalized spacial score (nSPS) is 16.1. The second-order valence-corrected chi connectivity index (χ2v) is 6.15. The van der Waals surface area contributed by atoms with Gasteiger partial charge in [0.2, 0.25) is 5.88 Å². The van der Waals surface area contributed by atoms with Gasteiger partial charge in [0.25, 0.3) is 0 Å². The van der Waals surface area contributed by atoms with E-state index in [0.717, 1.165) is 12.8 Å². The number of hydrogen-bond acceptors (Lipinski definition) is 7. The minimum atomic E-state index is -0.664. The molecule has 7 heteroatoms. The van der Waals surface area contributed by atoms with E-state index in [1.54, 1.807) is 38.1 Å². The van der Waals surface area contributed by atoms with Gasteiger partial charge in [-0.1, -0.05) is 12.1 Å². The number of esters is 1. The van der Waals surface area contributed by atoms with Gasteiger partial charge < -0.3 is 19.9 Å². The second kappa shape index (κ2) is 10.0. The highest BCUT2D eigenvalue weighted by molar-refractivity contribution is 5.92. The maximum absolute atomic E-state index is 12.5. The summed E-state index contributed by atoms with van der Waals surface area (Å²) in [6.45, 7) is 4.06. The minimum absolute atomic E-state index is 0.0177. The molecule has 1 aromatic carbocycles. The molecule has 1 unspecified atom stereocenters. The monoisotopic (exact) mass is 381 g/mol. The summed E-state index contributed by atoms with van der Waals surface area (Å²) in [5.41, 5.74) is 7.02. The largest absolute Gasteiger partial charge is 0.494 e. The average molecular weight is 381 g/mol. The predicted octanol–water partition coefficient (Wildman–Crippen LogP) is 3.40. The Morgan fingerprint density at radius 1 is 1.25 bits per heavy atom. The number of unbranched alkanes of at least 4 members (excludes halogenated alkanes) is 2. The Labute approximate surface area is 164 Å². The third-order valence-corrected chi connectivity index (χ3v) is 4.27. The molecule has 28 heavy (non-hydrogen) atoms. The van der Waals surface area contributed by atoms with E-state index < -0.39 is 11.9 Å². The molecule has 1 atom stereocenters. The van der Waals surface area contributed by atoms with Gasteiger partial charge in [-0.3, -0.25) is 0 Å². The first-order valence-corrected chi connectivity index (χ1v) is 9.08. The fourth-order valence-corrected chi connectivity index (χ4v) is 2.94. The zero-order valence-electron chi connectivity index (χ0n) is 16.0. The predicted molar refractivity (Wildman–Crippen MR) is 101 cm³/mol. The Morgan fingerprint density at radius 2 is 1.96 bits per heavy atom. The summed E-state index contributed by atoms with van der Waals surface area (Å²) in [5.74, 6) is -0.235. The van der Waals surface area contributed by atoms with Crippen LogP contribution in [0.4, 0.5) is 0 Å². The van der Waals surface area contributed by atoms with Crippen molar-refractivity contribution in [1.82, 2.24) is 0 Å². The molecule has 0 radical (unpaired) electrons. The van der Waals surface area contributed by atoms with Crippen LogP contribution in [-0.4, -0.2) is 19.2 Å². The zero-order valence-corrected chi connectivity index (χ0v) is 16.0. The van der Waals surface area contributed by atoms with Gasteiger partial charge in [-0.2, -0.15) is 10.5 Å². The molecule has 146 valence electrons. The van der Waals surface area contributed by atoms with Crippen molar-refractivity contribution in [3.05, 3.63) is 52.6 Å². The fourth-order valence-electron chi connectivity index (χ4n) is 2.94. The quantitative estimate of drug-likeness (QED) is 0.541. The van der Waals surface area contributed by atoms with E-state index in [4.69, 9.17) is 25.2 Å². The first kappa shape index (κ1) is 20.9. The van der Waals surface area contributed by atoms with Gasteiger partial charge >= 0.3 is 5.97 Å². The highest BCUT2D eigenvalue weighted by atomic mass is 16.5. The summed E-state index contributed by atoms with van der Waals surface area (Å²) in [6, 6.07) is 11.3. The Balaban J connectivity index is 2.25. The SMILES string of the molecule is CCOC(=O)C1=C(C)OC(N)=C(C#N)C1c1ccc(OCCCCC#N)cc1. The van der Waals surface area contributed by atoms with E-state index in [2.05, 4.69) is 6.07 Å². The van der Waals surface area contributed by atoms with Crippen LogP contribution in [0, 0.1) is 22.7 Å². The van der Waals surface area contributed by atoms with Gasteiger partial charge in [-0.25, -0.2) is 4.79 Å². The molecular formula is C21H23N3O4. The van der Waals surface area contributed by atoms with Crippen LogP contribution < -0.4 is 10.5 Å². The Bertz CT molecular complexity index is 857. The maximum atomic E-state index is 12.5. The number of carbonyl (C=O) groups is 1. The van der Waals surface area contributed by atoms with Crippen LogP contribution in [0.5, 0.6) is 5.75 Å². The van der Waals surface area contributed by atoms with Gasteiger partial charge in [0.05, 0.1) is 30.8 Å². The van der Waals surface area contributed by atoms with Crippen molar-refractivity contribution >= 4 is 5.97 Å². The molecule has 0 spiro atoms. The van der Waals surface area contributed by atoms with Crippen molar-refractivity contribution in [2.45, 2.75) is 39.0 Å². The molecule has 0 saturated carbocycles. The molecule has 0 aromatic heterocycles. The van der Waals surface area contributed by atoms with Gasteiger partial charge in [0.1, 0.15) is 23.2 Å². The number of hydrogen-bond donors (Lipinski definition) is 1. The van der Waals surface area contributed by atoms with Crippen molar-refractivity contribution in [3.8, 4) is 17.9 Å². The molecule has 0 amide bonds. The Kier molecular flexibility index (Phi) is 7.47. The van der Waals surface area contributed by atoms with Gasteiger partial charge in [-0.15, -0.1) is 0 Å². The molecule has 0 aliphatic carbocycles. The molecule has 7 nitrogen and oxygen atoms in total. The fraction of sp³-hybridized carbons (Fsp3) is 0.381. The van der Waals surface area contributed by atoms with Crippen LogP contribution >= 0.6 is 0 Å². The summed E-state index contributed by atoms with van der Waals surface area (Å²) >= 11 is 0. The number of carbonyl (C=O) groups excluding carboxylic acids is 1. The maximum Gasteiger partial charge on any atom is 0.338 e. The van der Waals surface area contributed by atoms with Crippen LogP contribution in [0.15, 0.2) is 47.1 Å². The van der Waals surface area contributed by atoms with E-state index in [1.807, 2.05) is 6.07 Å². The summed E-state index contributed by atoms with van der Waals surface area (Å²) in [6.07, 6.45) is 2.10. The third kappa shape index (κ3) is 4.83. The molecule has 2 rings (SSSR count). The van der Waals surface area contributed by atoms with Crippen LogP contribution in [0.2, 0.25) is 0 Å². The average Bonchev–Trinajstić information content (AvgIpc) is 2.68. The molecule has 1 aromatic rings. The first-order chi connectivity index (χ1) is 13.5. The highest BCUT2D eigenvalue weighted by Crippen LogP contribution is 2.39. The molecule has 1 aliphatic heterocycles. The smallest absolute Gasteiger partial charge is 0.338 e. The van der Waals surface area contributed by atoms with Crippen LogP contribution in [-0.2, 0) is 14.3 Å². The van der Waals surface area contributed by atoms with E-state index in [9.17, 15) is 10.1 Å². The summed E-state index contributed by atoms with van der Waals surface area (Å²) in [7, 11) is 0. The minimum Gasteiger partial charge on any atom is -0.494 e. The van der Waals surface area contributed by atoms with Crippen LogP contribution in [0.1, 0.15) is 44.6 Å². The first-order valence-electron chi connectivity index (χ1n) is 9.08. The topological polar surface area (TPSA) is 118 Å². The van der Waals surface area contributed by atoms with Crippen molar-refractivity contribution in [1.29, 1.82) is 10.5 Å². The van der Waals surface area contributed by atoms with Crippen molar-refractivity contribution in [3.63, 3.8) is 0 Å². The van der Waals surface area contributed by atoms with Crippen LogP contribution in [0.3, 0.4) is 0 Å². The van der Waals surface area contributed by atoms with E-state index in [-0.39, 0.29) is 23.6 Å². The Morgan fingerprint density at radius 3 is 2.57 bits per heavy atom. The number of nitrogens with zero attached hydrogens (tertiary/aromatic N) is 2. The second-order valence-electron chi connectivity index (χ2n) is 6.15.